The van der Waals surface area contributed by atoms with Gasteiger partial charge in [0, 0.05) is 5.56 Å². The first-order valence-electron chi connectivity index (χ1n) is 8.91. The van der Waals surface area contributed by atoms with Gasteiger partial charge in [-0.2, -0.15) is 0 Å². The number of carbonyl (C=O) groups excluding carboxylic acids is 1. The van der Waals surface area contributed by atoms with Crippen molar-refractivity contribution in [3.05, 3.63) is 95.6 Å². The highest BCUT2D eigenvalue weighted by atomic mass is 32.2. The van der Waals surface area contributed by atoms with Crippen LogP contribution in [0.4, 0.5) is 5.69 Å². The predicted octanol–water partition coefficient (Wildman–Crippen LogP) is 4.29. The fraction of sp³-hybridized carbons (Fsp3) is 0.136. The normalized spacial score (nSPS) is 12.2. The van der Waals surface area contributed by atoms with Crippen molar-refractivity contribution < 1.29 is 13.2 Å². The number of hydrogen-bond donors (Lipinski definition) is 2. The Morgan fingerprint density at radius 1 is 0.893 bits per heavy atom. The molecular weight excluding hydrogens is 372 g/mol. The third-order valence-electron chi connectivity index (χ3n) is 4.44. The van der Waals surface area contributed by atoms with Gasteiger partial charge >= 0.3 is 0 Å². The molecule has 0 saturated carbocycles. The summed E-state index contributed by atoms with van der Waals surface area (Å²) in [6, 6.07) is 22.6. The molecule has 0 saturated heterocycles. The number of aryl methyl sites for hydroxylation is 1. The Morgan fingerprint density at radius 2 is 1.50 bits per heavy atom. The molecule has 28 heavy (non-hydrogen) atoms. The Kier molecular flexibility index (Phi) is 5.80. The van der Waals surface area contributed by atoms with Crippen LogP contribution in [0.1, 0.15) is 34.5 Å². The van der Waals surface area contributed by atoms with Crippen LogP contribution >= 0.6 is 0 Å². The zero-order chi connectivity index (χ0) is 20.1. The fourth-order valence-corrected chi connectivity index (χ4v) is 3.92. The molecule has 1 amide bonds. The highest BCUT2D eigenvalue weighted by Crippen LogP contribution is 2.22. The Labute approximate surface area is 165 Å². The van der Waals surface area contributed by atoms with Crippen LogP contribution in [0, 0.1) is 6.92 Å². The maximum absolute atomic E-state index is 12.6. The molecule has 0 aliphatic rings. The minimum atomic E-state index is -3.73. The van der Waals surface area contributed by atoms with Gasteiger partial charge in [-0.25, -0.2) is 8.42 Å². The van der Waals surface area contributed by atoms with Crippen LogP contribution in [0.25, 0.3) is 0 Å². The number of anilines is 1. The molecule has 2 N–H and O–H groups in total. The lowest BCUT2D eigenvalue weighted by molar-refractivity contribution is 0.0940. The van der Waals surface area contributed by atoms with Crippen LogP contribution in [0.5, 0.6) is 0 Å². The minimum absolute atomic E-state index is 0.167. The average Bonchev–Trinajstić information content (AvgIpc) is 2.70. The molecule has 6 heteroatoms. The van der Waals surface area contributed by atoms with Crippen molar-refractivity contribution >= 4 is 21.6 Å². The van der Waals surface area contributed by atoms with Crippen LogP contribution in [0.15, 0.2) is 83.8 Å². The summed E-state index contributed by atoms with van der Waals surface area (Å²) in [5, 5.41) is 2.94. The summed E-state index contributed by atoms with van der Waals surface area (Å²) in [6.45, 7) is 3.69. The van der Waals surface area contributed by atoms with E-state index >= 15 is 0 Å². The smallest absolute Gasteiger partial charge is 0.261 e. The number of amides is 1. The van der Waals surface area contributed by atoms with E-state index in [2.05, 4.69) is 10.0 Å². The molecule has 5 nitrogen and oxygen atoms in total. The lowest BCUT2D eigenvalue weighted by atomic mass is 10.1. The molecule has 0 aliphatic carbocycles. The largest absolute Gasteiger partial charge is 0.346 e. The molecule has 0 fully saturated rings. The average molecular weight is 394 g/mol. The Balaban J connectivity index is 1.80. The van der Waals surface area contributed by atoms with E-state index in [1.165, 1.54) is 12.1 Å². The van der Waals surface area contributed by atoms with Crippen LogP contribution < -0.4 is 10.0 Å². The maximum Gasteiger partial charge on any atom is 0.261 e. The van der Waals surface area contributed by atoms with E-state index in [1.807, 2.05) is 37.3 Å². The van der Waals surface area contributed by atoms with E-state index in [0.717, 1.165) is 11.1 Å². The van der Waals surface area contributed by atoms with E-state index in [9.17, 15) is 13.2 Å². The fourth-order valence-electron chi connectivity index (χ4n) is 2.78. The van der Waals surface area contributed by atoms with Gasteiger partial charge in [-0.3, -0.25) is 9.52 Å². The maximum atomic E-state index is 12.6. The molecule has 0 heterocycles. The van der Waals surface area contributed by atoms with Gasteiger partial charge in [-0.05, 0) is 49.2 Å². The number of nitrogens with one attached hydrogen (secondary N) is 2. The number of rotatable bonds is 6. The second-order valence-corrected chi connectivity index (χ2v) is 8.24. The van der Waals surface area contributed by atoms with E-state index in [0.29, 0.717) is 11.3 Å². The second-order valence-electron chi connectivity index (χ2n) is 6.55. The van der Waals surface area contributed by atoms with Gasteiger partial charge in [0.25, 0.3) is 15.9 Å². The molecule has 3 aromatic rings. The van der Waals surface area contributed by atoms with Gasteiger partial charge in [0.1, 0.15) is 0 Å². The van der Waals surface area contributed by atoms with E-state index in [-0.39, 0.29) is 16.8 Å². The lowest BCUT2D eigenvalue weighted by Gasteiger charge is -2.16. The molecule has 0 unspecified atom stereocenters. The Bertz CT molecular complexity index is 1070. The number of carbonyl (C=O) groups is 1. The zero-order valence-corrected chi connectivity index (χ0v) is 16.5. The monoisotopic (exact) mass is 394 g/mol. The standard InChI is InChI=1S/C22H22N2O3S/c1-16-13-14-19(22(25)23-17(2)18-9-5-3-6-10-18)15-21(16)24-28(26,27)20-11-7-4-8-12-20/h3-15,17,24H,1-2H3,(H,23,25)/t17-/m0/s1. The third kappa shape index (κ3) is 4.58. The van der Waals surface area contributed by atoms with Crippen molar-refractivity contribution in [2.24, 2.45) is 0 Å². The van der Waals surface area contributed by atoms with Gasteiger partial charge in [0.2, 0.25) is 0 Å². The van der Waals surface area contributed by atoms with Crippen molar-refractivity contribution in [3.63, 3.8) is 0 Å². The van der Waals surface area contributed by atoms with Gasteiger partial charge in [-0.1, -0.05) is 54.6 Å². The molecule has 3 aromatic carbocycles. The SMILES string of the molecule is Cc1ccc(C(=O)N[C@@H](C)c2ccccc2)cc1NS(=O)(=O)c1ccccc1. The van der Waals surface area contributed by atoms with E-state index < -0.39 is 10.0 Å². The number of benzene rings is 3. The predicted molar refractivity (Wildman–Crippen MR) is 111 cm³/mol. The van der Waals surface area contributed by atoms with Crippen molar-refractivity contribution in [1.82, 2.24) is 5.32 Å². The molecular formula is C22H22N2O3S. The molecule has 0 spiro atoms. The van der Waals surface area contributed by atoms with Crippen molar-refractivity contribution in [2.45, 2.75) is 24.8 Å². The van der Waals surface area contributed by atoms with Crippen molar-refractivity contribution in [1.29, 1.82) is 0 Å². The van der Waals surface area contributed by atoms with Crippen LogP contribution in [-0.4, -0.2) is 14.3 Å². The quantitative estimate of drug-likeness (QED) is 0.655. The Hall–Kier alpha value is -3.12. The third-order valence-corrected chi connectivity index (χ3v) is 5.83. The molecule has 144 valence electrons. The van der Waals surface area contributed by atoms with Gasteiger partial charge in [0.15, 0.2) is 0 Å². The molecule has 0 aromatic heterocycles. The zero-order valence-electron chi connectivity index (χ0n) is 15.7. The summed E-state index contributed by atoms with van der Waals surface area (Å²) in [7, 11) is -3.73. The second kappa shape index (κ2) is 8.27. The first-order valence-corrected chi connectivity index (χ1v) is 10.4. The molecule has 3 rings (SSSR count). The molecule has 0 aliphatic heterocycles. The first kappa shape index (κ1) is 19.6. The van der Waals surface area contributed by atoms with Gasteiger partial charge < -0.3 is 5.32 Å². The van der Waals surface area contributed by atoms with Crippen molar-refractivity contribution in [2.75, 3.05) is 4.72 Å². The van der Waals surface area contributed by atoms with Crippen LogP contribution in [0.3, 0.4) is 0 Å². The van der Waals surface area contributed by atoms with Crippen LogP contribution in [-0.2, 0) is 10.0 Å². The van der Waals surface area contributed by atoms with E-state index in [4.69, 9.17) is 0 Å². The Morgan fingerprint density at radius 3 is 2.14 bits per heavy atom. The summed E-state index contributed by atoms with van der Waals surface area (Å²) in [5.74, 6) is -0.267. The summed E-state index contributed by atoms with van der Waals surface area (Å²) in [6.07, 6.45) is 0. The first-order chi connectivity index (χ1) is 13.4. The lowest BCUT2D eigenvalue weighted by Crippen LogP contribution is -2.26. The van der Waals surface area contributed by atoms with Crippen LogP contribution in [0.2, 0.25) is 0 Å². The summed E-state index contributed by atoms with van der Waals surface area (Å²) in [4.78, 5) is 12.8. The summed E-state index contributed by atoms with van der Waals surface area (Å²) >= 11 is 0. The number of sulfonamides is 1. The van der Waals surface area contributed by atoms with Gasteiger partial charge in [-0.15, -0.1) is 0 Å². The highest BCUT2D eigenvalue weighted by Gasteiger charge is 2.17. The summed E-state index contributed by atoms with van der Waals surface area (Å²) < 4.78 is 27.7. The molecule has 1 atom stereocenters. The number of hydrogen-bond acceptors (Lipinski definition) is 3. The highest BCUT2D eigenvalue weighted by molar-refractivity contribution is 7.92. The summed E-state index contributed by atoms with van der Waals surface area (Å²) in [5.41, 5.74) is 2.49. The topological polar surface area (TPSA) is 75.3 Å². The van der Waals surface area contributed by atoms with Crippen molar-refractivity contribution in [3.8, 4) is 0 Å². The van der Waals surface area contributed by atoms with Gasteiger partial charge in [0.05, 0.1) is 16.6 Å². The minimum Gasteiger partial charge on any atom is -0.346 e. The molecule has 0 radical (unpaired) electrons. The molecule has 0 bridgehead atoms. The van der Waals surface area contributed by atoms with E-state index in [1.54, 1.807) is 43.3 Å².